The van der Waals surface area contributed by atoms with Gasteiger partial charge in [0.05, 0.1) is 23.5 Å². The molecule has 2 atom stereocenters. The van der Waals surface area contributed by atoms with Crippen molar-refractivity contribution in [2.45, 2.75) is 90.5 Å². The zero-order valence-corrected chi connectivity index (χ0v) is 31.9. The average molecular weight is 725 g/mol. The number of amides is 2. The van der Waals surface area contributed by atoms with Gasteiger partial charge < -0.3 is 19.4 Å². The van der Waals surface area contributed by atoms with Crippen LogP contribution in [0.5, 0.6) is 0 Å². The number of ether oxygens (including phenoxy) is 2. The number of benzene rings is 3. The minimum absolute atomic E-state index is 0.118. The molecule has 0 saturated carbocycles. The lowest BCUT2D eigenvalue weighted by molar-refractivity contribution is 0.0208. The highest BCUT2D eigenvalue weighted by molar-refractivity contribution is 5.71. The molecule has 4 heterocycles. The smallest absolute Gasteiger partial charge is 0.410 e. The minimum atomic E-state index is -0.541. The van der Waals surface area contributed by atoms with Gasteiger partial charge in [0.2, 0.25) is 0 Å². The van der Waals surface area contributed by atoms with E-state index >= 15 is 0 Å². The second-order valence-electron chi connectivity index (χ2n) is 16.0. The van der Waals surface area contributed by atoms with Gasteiger partial charge in [0.15, 0.2) is 0 Å². The number of aromatic amines is 2. The fourth-order valence-corrected chi connectivity index (χ4v) is 6.94. The summed E-state index contributed by atoms with van der Waals surface area (Å²) < 4.78 is 11.3. The molecule has 10 nitrogen and oxygen atoms in total. The molecule has 3 aromatic carbocycles. The fourth-order valence-electron chi connectivity index (χ4n) is 6.94. The number of nitrogens with zero attached hydrogens (tertiary/aromatic N) is 4. The van der Waals surface area contributed by atoms with Crippen LogP contribution in [0.1, 0.15) is 102 Å². The zero-order chi connectivity index (χ0) is 38.0. The molecule has 5 aromatic rings. The molecular formula is C44H48N6O4. The van der Waals surface area contributed by atoms with Gasteiger partial charge in [0.1, 0.15) is 22.9 Å². The van der Waals surface area contributed by atoms with E-state index in [2.05, 4.69) is 58.2 Å². The minimum Gasteiger partial charge on any atom is -0.444 e. The van der Waals surface area contributed by atoms with Crippen LogP contribution in [-0.4, -0.2) is 66.2 Å². The van der Waals surface area contributed by atoms with Gasteiger partial charge in [-0.2, -0.15) is 0 Å². The van der Waals surface area contributed by atoms with E-state index in [1.54, 1.807) is 9.80 Å². The van der Waals surface area contributed by atoms with E-state index in [-0.39, 0.29) is 24.3 Å². The summed E-state index contributed by atoms with van der Waals surface area (Å²) in [7, 11) is 0. The Morgan fingerprint density at radius 1 is 0.593 bits per heavy atom. The molecular weight excluding hydrogens is 677 g/mol. The maximum atomic E-state index is 12.8. The second-order valence-corrected chi connectivity index (χ2v) is 16.0. The Kier molecular flexibility index (Phi) is 10.1. The molecule has 2 saturated heterocycles. The van der Waals surface area contributed by atoms with Crippen molar-refractivity contribution in [1.82, 2.24) is 29.7 Å². The molecule has 2 fully saturated rings. The van der Waals surface area contributed by atoms with E-state index in [0.29, 0.717) is 13.1 Å². The van der Waals surface area contributed by atoms with Gasteiger partial charge in [-0.25, -0.2) is 19.6 Å². The summed E-state index contributed by atoms with van der Waals surface area (Å²) in [5.74, 6) is 8.12. The molecule has 10 heteroatoms. The molecule has 2 aliphatic heterocycles. The third-order valence-corrected chi connectivity index (χ3v) is 9.52. The van der Waals surface area contributed by atoms with Crippen LogP contribution in [0.2, 0.25) is 0 Å². The first-order chi connectivity index (χ1) is 25.8. The average Bonchev–Trinajstić information content (AvgIpc) is 3.96. The lowest BCUT2D eigenvalue weighted by Crippen LogP contribution is -2.36. The SMILES string of the molecule is CC(C)(C)OC(=O)N1CCC[C@H]1c1nc(-c2ccc(C#Cc3ccc(-c4ccc(-c5c[nH]c([C@@H]6CCCN6C(=O)OC(C)(C)C)n5)cc4)cc3)cc2)c[nH]1. The lowest BCUT2D eigenvalue weighted by atomic mass is 10.0. The number of hydrogen-bond acceptors (Lipinski definition) is 6. The summed E-state index contributed by atoms with van der Waals surface area (Å²) in [6, 6.07) is 24.4. The van der Waals surface area contributed by atoms with Crippen molar-refractivity contribution in [3.63, 3.8) is 0 Å². The van der Waals surface area contributed by atoms with Crippen LogP contribution in [-0.2, 0) is 9.47 Å². The van der Waals surface area contributed by atoms with Crippen molar-refractivity contribution in [3.05, 3.63) is 108 Å². The second kappa shape index (κ2) is 14.9. The summed E-state index contributed by atoms with van der Waals surface area (Å²) in [6.07, 6.45) is 6.73. The molecule has 0 unspecified atom stereocenters. The van der Waals surface area contributed by atoms with Crippen LogP contribution in [0, 0.1) is 11.8 Å². The number of nitrogens with one attached hydrogen (secondary N) is 2. The van der Waals surface area contributed by atoms with E-state index in [1.165, 1.54) is 0 Å². The van der Waals surface area contributed by atoms with Crippen LogP contribution >= 0.6 is 0 Å². The highest BCUT2D eigenvalue weighted by atomic mass is 16.6. The summed E-state index contributed by atoms with van der Waals surface area (Å²) in [4.78, 5) is 45.4. The van der Waals surface area contributed by atoms with Crippen molar-refractivity contribution in [2.24, 2.45) is 0 Å². The van der Waals surface area contributed by atoms with E-state index in [4.69, 9.17) is 19.4 Å². The van der Waals surface area contributed by atoms with Gasteiger partial charge in [0, 0.05) is 47.7 Å². The van der Waals surface area contributed by atoms with Crippen molar-refractivity contribution >= 4 is 12.2 Å². The van der Waals surface area contributed by atoms with Crippen LogP contribution in [0.4, 0.5) is 9.59 Å². The molecule has 2 aromatic heterocycles. The van der Waals surface area contributed by atoms with Crippen molar-refractivity contribution in [1.29, 1.82) is 0 Å². The molecule has 2 amide bonds. The standard InChI is InChI=1S/C44H48N6O4/c1-43(2,3)53-41(51)49-25-7-9-37(49)39-45-27-35(47-39)33-19-15-30(16-20-33)12-11-29-13-17-31(18-14-29)32-21-23-34(24-22-32)36-28-46-40(48-36)38-10-8-26-50(38)42(52)54-44(4,5)6/h13-24,27-28,37-38H,7-10,25-26H2,1-6H3,(H,45,47)(H,46,48)/t37-,38-/m0/s1. The number of rotatable bonds is 5. The predicted octanol–water partition coefficient (Wildman–Crippen LogP) is 9.68. The molecule has 0 spiro atoms. The Morgan fingerprint density at radius 2 is 0.944 bits per heavy atom. The number of likely N-dealkylation sites (tertiary alicyclic amines) is 2. The van der Waals surface area contributed by atoms with Gasteiger partial charge in [-0.15, -0.1) is 0 Å². The van der Waals surface area contributed by atoms with Crippen LogP contribution < -0.4 is 0 Å². The van der Waals surface area contributed by atoms with Crippen molar-refractivity contribution in [3.8, 4) is 45.5 Å². The highest BCUT2D eigenvalue weighted by Crippen LogP contribution is 2.34. The summed E-state index contributed by atoms with van der Waals surface area (Å²) in [5, 5.41) is 0. The van der Waals surface area contributed by atoms with Crippen LogP contribution in [0.3, 0.4) is 0 Å². The molecule has 2 aliphatic rings. The number of carbonyl (C=O) groups is 2. The molecule has 2 N–H and O–H groups in total. The predicted molar refractivity (Wildman–Crippen MR) is 209 cm³/mol. The monoisotopic (exact) mass is 724 g/mol. The van der Waals surface area contributed by atoms with Crippen LogP contribution in [0.25, 0.3) is 33.6 Å². The fraction of sp³-hybridized carbons (Fsp3) is 0.364. The summed E-state index contributed by atoms with van der Waals surface area (Å²) in [5.41, 5.74) is 6.61. The molecule has 278 valence electrons. The molecule has 0 bridgehead atoms. The number of imidazole rings is 2. The van der Waals surface area contributed by atoms with E-state index in [0.717, 1.165) is 82.1 Å². The molecule has 0 radical (unpaired) electrons. The van der Waals surface area contributed by atoms with E-state index < -0.39 is 11.2 Å². The van der Waals surface area contributed by atoms with Gasteiger partial charge in [0.25, 0.3) is 0 Å². The Hall–Kier alpha value is -5.82. The normalized spacial score (nSPS) is 17.3. The van der Waals surface area contributed by atoms with Crippen LogP contribution in [0.15, 0.2) is 85.2 Å². The first-order valence-corrected chi connectivity index (χ1v) is 18.7. The lowest BCUT2D eigenvalue weighted by Gasteiger charge is -2.27. The van der Waals surface area contributed by atoms with Gasteiger partial charge in [-0.3, -0.25) is 9.80 Å². The number of hydrogen-bond donors (Lipinski definition) is 2. The molecule has 54 heavy (non-hydrogen) atoms. The first kappa shape index (κ1) is 36.5. The van der Waals surface area contributed by atoms with Crippen molar-refractivity contribution in [2.75, 3.05) is 13.1 Å². The number of H-pyrrole nitrogens is 2. The van der Waals surface area contributed by atoms with Gasteiger partial charge in [-0.05, 0) is 103 Å². The quantitative estimate of drug-likeness (QED) is 0.174. The summed E-state index contributed by atoms with van der Waals surface area (Å²) >= 11 is 0. The maximum absolute atomic E-state index is 12.8. The zero-order valence-electron chi connectivity index (χ0n) is 31.9. The van der Waals surface area contributed by atoms with Gasteiger partial charge >= 0.3 is 12.2 Å². The Bertz CT molecular complexity index is 2160. The highest BCUT2D eigenvalue weighted by Gasteiger charge is 2.36. The number of carbonyl (C=O) groups excluding carboxylic acids is 2. The maximum Gasteiger partial charge on any atom is 0.410 e. The topological polar surface area (TPSA) is 116 Å². The Morgan fingerprint density at radius 3 is 1.33 bits per heavy atom. The van der Waals surface area contributed by atoms with Crippen molar-refractivity contribution < 1.29 is 19.1 Å². The first-order valence-electron chi connectivity index (χ1n) is 18.7. The largest absolute Gasteiger partial charge is 0.444 e. The molecule has 7 rings (SSSR count). The third kappa shape index (κ3) is 8.52. The Balaban J connectivity index is 0.957. The third-order valence-electron chi connectivity index (χ3n) is 9.52. The van der Waals surface area contributed by atoms with E-state index in [1.807, 2.05) is 90.3 Å². The molecule has 0 aliphatic carbocycles. The number of aromatic nitrogens is 4. The Labute approximate surface area is 317 Å². The van der Waals surface area contributed by atoms with E-state index in [9.17, 15) is 9.59 Å². The summed E-state index contributed by atoms with van der Waals surface area (Å²) in [6.45, 7) is 12.6. The van der Waals surface area contributed by atoms with Gasteiger partial charge in [-0.1, -0.05) is 60.4 Å².